The first-order chi connectivity index (χ1) is 11.0. The van der Waals surface area contributed by atoms with Crippen molar-refractivity contribution in [2.45, 2.75) is 20.1 Å². The number of ether oxygens (including phenoxy) is 1. The molecule has 0 aliphatic carbocycles. The Hall–Kier alpha value is -2.40. The summed E-state index contributed by atoms with van der Waals surface area (Å²) in [6.07, 6.45) is 0. The van der Waals surface area contributed by atoms with Crippen LogP contribution in [0.25, 0.3) is 0 Å². The first-order valence-electron chi connectivity index (χ1n) is 6.90. The highest BCUT2D eigenvalue weighted by Gasteiger charge is 2.09. The highest BCUT2D eigenvalue weighted by Crippen LogP contribution is 2.18. The van der Waals surface area contributed by atoms with Gasteiger partial charge in [0.15, 0.2) is 0 Å². The Morgan fingerprint density at radius 1 is 1.17 bits per heavy atom. The lowest BCUT2D eigenvalue weighted by Crippen LogP contribution is -2.18. The fraction of sp³-hybridized carbons (Fsp3) is 0.176. The average molecular weight is 336 g/mol. The Balaban J connectivity index is 1.94. The maximum atomic E-state index is 12.9. The molecular formula is C17H15ClFNO3. The van der Waals surface area contributed by atoms with Gasteiger partial charge in [0.2, 0.25) is 5.91 Å². The Bertz CT molecular complexity index is 716. The summed E-state index contributed by atoms with van der Waals surface area (Å²) < 4.78 is 18.1. The van der Waals surface area contributed by atoms with E-state index < -0.39 is 11.8 Å². The van der Waals surface area contributed by atoms with Crippen LogP contribution in [0.3, 0.4) is 0 Å². The monoisotopic (exact) mass is 335 g/mol. The molecule has 0 unspecified atom stereocenters. The number of nitrogens with one attached hydrogen (secondary N) is 1. The van der Waals surface area contributed by atoms with E-state index in [-0.39, 0.29) is 17.5 Å². The number of carbonyl (C=O) groups is 2. The summed E-state index contributed by atoms with van der Waals surface area (Å²) in [6.45, 7) is 1.80. The molecule has 0 heterocycles. The van der Waals surface area contributed by atoms with Crippen molar-refractivity contribution in [3.8, 4) is 0 Å². The molecule has 1 N–H and O–H groups in total. The summed E-state index contributed by atoms with van der Waals surface area (Å²) in [7, 11) is 0. The molecule has 0 spiro atoms. The summed E-state index contributed by atoms with van der Waals surface area (Å²) in [6, 6.07) is 10.6. The van der Waals surface area contributed by atoms with E-state index in [1.807, 2.05) is 0 Å². The van der Waals surface area contributed by atoms with Crippen LogP contribution in [0.5, 0.6) is 0 Å². The second kappa shape index (κ2) is 7.74. The minimum Gasteiger partial charge on any atom is -0.457 e. The van der Waals surface area contributed by atoms with E-state index in [1.54, 1.807) is 24.3 Å². The van der Waals surface area contributed by atoms with Crippen LogP contribution in [0.2, 0.25) is 5.02 Å². The number of rotatable bonds is 5. The third kappa shape index (κ3) is 5.07. The predicted octanol–water partition coefficient (Wildman–Crippen LogP) is 3.47. The summed E-state index contributed by atoms with van der Waals surface area (Å²) in [5.41, 5.74) is 1.79. The maximum Gasteiger partial charge on any atom is 0.338 e. The van der Waals surface area contributed by atoms with Crippen molar-refractivity contribution in [1.29, 1.82) is 0 Å². The molecule has 0 aliphatic heterocycles. The van der Waals surface area contributed by atoms with Gasteiger partial charge in [-0.2, -0.15) is 0 Å². The molecule has 0 saturated carbocycles. The SMILES string of the molecule is CC(=O)NCc1ccc(C(=O)OCc2ccc(F)cc2Cl)cc1. The Kier molecular flexibility index (Phi) is 5.71. The Morgan fingerprint density at radius 2 is 1.87 bits per heavy atom. The van der Waals surface area contributed by atoms with Gasteiger partial charge >= 0.3 is 5.97 Å². The van der Waals surface area contributed by atoms with Crippen molar-refractivity contribution >= 4 is 23.5 Å². The van der Waals surface area contributed by atoms with Gasteiger partial charge in [-0.15, -0.1) is 0 Å². The van der Waals surface area contributed by atoms with E-state index in [1.165, 1.54) is 25.1 Å². The van der Waals surface area contributed by atoms with Crippen LogP contribution in [-0.4, -0.2) is 11.9 Å². The van der Waals surface area contributed by atoms with E-state index in [9.17, 15) is 14.0 Å². The third-order valence-corrected chi connectivity index (χ3v) is 3.46. The largest absolute Gasteiger partial charge is 0.457 e. The van der Waals surface area contributed by atoms with Crippen molar-refractivity contribution < 1.29 is 18.7 Å². The van der Waals surface area contributed by atoms with E-state index in [0.717, 1.165) is 5.56 Å². The first-order valence-corrected chi connectivity index (χ1v) is 7.28. The molecular weight excluding hydrogens is 321 g/mol. The van der Waals surface area contributed by atoms with Crippen molar-refractivity contribution in [2.24, 2.45) is 0 Å². The quantitative estimate of drug-likeness (QED) is 0.851. The van der Waals surface area contributed by atoms with Crippen LogP contribution in [0.15, 0.2) is 42.5 Å². The number of halogens is 2. The Morgan fingerprint density at radius 3 is 2.48 bits per heavy atom. The van der Waals surface area contributed by atoms with Crippen LogP contribution >= 0.6 is 11.6 Å². The molecule has 0 radical (unpaired) electrons. The van der Waals surface area contributed by atoms with Gasteiger partial charge in [0, 0.05) is 19.0 Å². The van der Waals surface area contributed by atoms with Crippen LogP contribution in [0, 0.1) is 5.82 Å². The van der Waals surface area contributed by atoms with Gasteiger partial charge < -0.3 is 10.1 Å². The molecule has 2 aromatic carbocycles. The highest BCUT2D eigenvalue weighted by molar-refractivity contribution is 6.31. The molecule has 0 aromatic heterocycles. The van der Waals surface area contributed by atoms with Crippen LogP contribution in [0.4, 0.5) is 4.39 Å². The molecule has 0 bridgehead atoms. The number of amides is 1. The number of carbonyl (C=O) groups excluding carboxylic acids is 2. The van der Waals surface area contributed by atoms with Gasteiger partial charge in [-0.25, -0.2) is 9.18 Å². The van der Waals surface area contributed by atoms with Gasteiger partial charge in [-0.1, -0.05) is 29.8 Å². The van der Waals surface area contributed by atoms with E-state index >= 15 is 0 Å². The molecule has 0 aliphatic rings. The minimum absolute atomic E-state index is 0.0361. The average Bonchev–Trinajstić information content (AvgIpc) is 2.52. The molecule has 6 heteroatoms. The zero-order valence-electron chi connectivity index (χ0n) is 12.4. The van der Waals surface area contributed by atoms with Crippen molar-refractivity contribution in [3.63, 3.8) is 0 Å². The van der Waals surface area contributed by atoms with Gasteiger partial charge in [-0.3, -0.25) is 4.79 Å². The molecule has 1 amide bonds. The van der Waals surface area contributed by atoms with Crippen molar-refractivity contribution in [1.82, 2.24) is 5.32 Å². The second-order valence-electron chi connectivity index (χ2n) is 4.92. The lowest BCUT2D eigenvalue weighted by atomic mass is 10.1. The molecule has 4 nitrogen and oxygen atoms in total. The molecule has 0 atom stereocenters. The highest BCUT2D eigenvalue weighted by atomic mass is 35.5. The van der Waals surface area contributed by atoms with E-state index in [2.05, 4.69) is 5.32 Å². The normalized spacial score (nSPS) is 10.2. The van der Waals surface area contributed by atoms with Gasteiger partial charge in [0.25, 0.3) is 0 Å². The van der Waals surface area contributed by atoms with E-state index in [0.29, 0.717) is 17.7 Å². The third-order valence-electron chi connectivity index (χ3n) is 3.10. The number of hydrogen-bond acceptors (Lipinski definition) is 3. The molecule has 2 rings (SSSR count). The van der Waals surface area contributed by atoms with Crippen molar-refractivity contribution in [3.05, 3.63) is 70.0 Å². The zero-order chi connectivity index (χ0) is 16.8. The predicted molar refractivity (Wildman–Crippen MR) is 84.5 cm³/mol. The van der Waals surface area contributed by atoms with Crippen LogP contribution < -0.4 is 5.32 Å². The van der Waals surface area contributed by atoms with Gasteiger partial charge in [0.05, 0.1) is 10.6 Å². The zero-order valence-corrected chi connectivity index (χ0v) is 13.2. The number of esters is 1. The molecule has 23 heavy (non-hydrogen) atoms. The lowest BCUT2D eigenvalue weighted by Gasteiger charge is -2.08. The van der Waals surface area contributed by atoms with Crippen molar-refractivity contribution in [2.75, 3.05) is 0 Å². The van der Waals surface area contributed by atoms with Crippen LogP contribution in [-0.2, 0) is 22.7 Å². The standard InChI is InChI=1S/C17H15ClFNO3/c1-11(21)20-9-12-2-4-13(5-3-12)17(22)23-10-14-6-7-15(19)8-16(14)18/h2-8H,9-10H2,1H3,(H,20,21). The molecule has 120 valence electrons. The topological polar surface area (TPSA) is 55.4 Å². The minimum atomic E-state index is -0.503. The number of hydrogen-bond donors (Lipinski definition) is 1. The Labute approximate surface area is 138 Å². The molecule has 0 fully saturated rings. The van der Waals surface area contributed by atoms with Crippen LogP contribution in [0.1, 0.15) is 28.4 Å². The first kappa shape index (κ1) is 17.0. The lowest BCUT2D eigenvalue weighted by molar-refractivity contribution is -0.119. The van der Waals surface area contributed by atoms with Gasteiger partial charge in [0.1, 0.15) is 12.4 Å². The fourth-order valence-corrected chi connectivity index (χ4v) is 2.07. The summed E-state index contributed by atoms with van der Waals surface area (Å²) >= 11 is 5.87. The summed E-state index contributed by atoms with van der Waals surface area (Å²) in [4.78, 5) is 22.8. The second-order valence-corrected chi connectivity index (χ2v) is 5.33. The van der Waals surface area contributed by atoms with Gasteiger partial charge in [-0.05, 0) is 29.8 Å². The molecule has 2 aromatic rings. The fourth-order valence-electron chi connectivity index (χ4n) is 1.85. The number of benzene rings is 2. The maximum absolute atomic E-state index is 12.9. The summed E-state index contributed by atoms with van der Waals surface area (Å²) in [5.74, 6) is -1.07. The smallest absolute Gasteiger partial charge is 0.338 e. The summed E-state index contributed by atoms with van der Waals surface area (Å²) in [5, 5.41) is 2.88. The van der Waals surface area contributed by atoms with E-state index in [4.69, 9.17) is 16.3 Å². The molecule has 0 saturated heterocycles.